The number of carbonyl (C=O) groups is 1. The molecule has 0 saturated carbocycles. The molecule has 1 aliphatic heterocycles. The van der Waals surface area contributed by atoms with Crippen molar-refractivity contribution in [3.8, 4) is 11.4 Å². The summed E-state index contributed by atoms with van der Waals surface area (Å²) in [6.07, 6.45) is 2.13. The van der Waals surface area contributed by atoms with Gasteiger partial charge in [-0.25, -0.2) is 4.39 Å². The molecule has 8 heteroatoms. The van der Waals surface area contributed by atoms with Crippen LogP contribution in [0.3, 0.4) is 0 Å². The van der Waals surface area contributed by atoms with Gasteiger partial charge in [-0.3, -0.25) is 9.36 Å². The van der Waals surface area contributed by atoms with E-state index in [4.69, 9.17) is 4.74 Å². The van der Waals surface area contributed by atoms with Gasteiger partial charge in [-0.1, -0.05) is 25.6 Å². The van der Waals surface area contributed by atoms with Crippen molar-refractivity contribution in [3.63, 3.8) is 0 Å². The summed E-state index contributed by atoms with van der Waals surface area (Å²) in [6, 6.07) is 6.20. The Bertz CT molecular complexity index is 758. The van der Waals surface area contributed by atoms with E-state index in [1.807, 2.05) is 4.57 Å². The van der Waals surface area contributed by atoms with E-state index in [0.717, 1.165) is 25.0 Å². The van der Waals surface area contributed by atoms with Crippen LogP contribution in [0, 0.1) is 11.7 Å². The molecule has 1 atom stereocenters. The molecule has 1 fully saturated rings. The summed E-state index contributed by atoms with van der Waals surface area (Å²) in [4.78, 5) is 12.0. The largest absolute Gasteiger partial charge is 0.376 e. The predicted octanol–water partition coefficient (Wildman–Crippen LogP) is 3.13. The maximum atomic E-state index is 13.3. The molecule has 6 nitrogen and oxygen atoms in total. The van der Waals surface area contributed by atoms with E-state index in [2.05, 4.69) is 29.4 Å². The van der Waals surface area contributed by atoms with Crippen LogP contribution in [-0.2, 0) is 16.1 Å². The fourth-order valence-electron chi connectivity index (χ4n) is 2.86. The highest BCUT2D eigenvalue weighted by molar-refractivity contribution is 7.99. The number of amides is 1. The zero-order valence-corrected chi connectivity index (χ0v) is 16.5. The minimum absolute atomic E-state index is 0.0244. The second-order valence-corrected chi connectivity index (χ2v) is 7.99. The number of benzene rings is 1. The summed E-state index contributed by atoms with van der Waals surface area (Å²) in [6.45, 7) is 6.15. The topological polar surface area (TPSA) is 69.0 Å². The zero-order chi connectivity index (χ0) is 19.2. The predicted molar refractivity (Wildman–Crippen MR) is 103 cm³/mol. The number of rotatable bonds is 8. The molecule has 1 N–H and O–H groups in total. The Morgan fingerprint density at radius 2 is 2.15 bits per heavy atom. The zero-order valence-electron chi connectivity index (χ0n) is 15.7. The molecular weight excluding hydrogens is 367 g/mol. The number of nitrogens with zero attached hydrogens (tertiary/aromatic N) is 3. The van der Waals surface area contributed by atoms with Gasteiger partial charge >= 0.3 is 0 Å². The number of thioether (sulfide) groups is 1. The lowest BCUT2D eigenvalue weighted by Gasteiger charge is -2.15. The van der Waals surface area contributed by atoms with Gasteiger partial charge in [-0.15, -0.1) is 10.2 Å². The molecule has 27 heavy (non-hydrogen) atoms. The third kappa shape index (κ3) is 5.52. The van der Waals surface area contributed by atoms with Crippen LogP contribution in [0.5, 0.6) is 0 Å². The second kappa shape index (κ2) is 9.32. The highest BCUT2D eigenvalue weighted by Gasteiger charge is 2.22. The molecule has 3 rings (SSSR count). The quantitative estimate of drug-likeness (QED) is 0.699. The molecule has 0 bridgehead atoms. The van der Waals surface area contributed by atoms with Crippen LogP contribution in [0.25, 0.3) is 11.4 Å². The molecule has 1 aliphatic rings. The standard InChI is InChI=1S/C19H25FN4O2S/c1-13(2)10-21-17(25)12-27-19-23-22-18(14-5-7-15(20)8-6-14)24(19)11-16-4-3-9-26-16/h5-8,13,16H,3-4,9-12H2,1-2H3,(H,21,25)/t16-/m0/s1. The molecule has 1 saturated heterocycles. The van der Waals surface area contributed by atoms with E-state index in [-0.39, 0.29) is 23.6 Å². The van der Waals surface area contributed by atoms with Crippen LogP contribution in [0.2, 0.25) is 0 Å². The summed E-state index contributed by atoms with van der Waals surface area (Å²) in [7, 11) is 0. The van der Waals surface area contributed by atoms with Crippen molar-refractivity contribution in [3.05, 3.63) is 30.1 Å². The summed E-state index contributed by atoms with van der Waals surface area (Å²) in [5.74, 6) is 1.03. The third-order valence-corrected chi connectivity index (χ3v) is 5.24. The highest BCUT2D eigenvalue weighted by atomic mass is 32.2. The first kappa shape index (κ1) is 19.8. The first-order valence-electron chi connectivity index (χ1n) is 9.23. The van der Waals surface area contributed by atoms with Crippen molar-refractivity contribution in [2.75, 3.05) is 18.9 Å². The first-order chi connectivity index (χ1) is 13.0. The molecule has 1 amide bonds. The molecule has 1 aromatic heterocycles. The van der Waals surface area contributed by atoms with Crippen LogP contribution in [0.1, 0.15) is 26.7 Å². The Kier molecular flexibility index (Phi) is 6.84. The van der Waals surface area contributed by atoms with Crippen molar-refractivity contribution >= 4 is 17.7 Å². The Morgan fingerprint density at radius 3 is 2.81 bits per heavy atom. The maximum Gasteiger partial charge on any atom is 0.230 e. The van der Waals surface area contributed by atoms with Crippen molar-refractivity contribution < 1.29 is 13.9 Å². The first-order valence-corrected chi connectivity index (χ1v) is 10.2. The van der Waals surface area contributed by atoms with Gasteiger partial charge in [0.2, 0.25) is 5.91 Å². The van der Waals surface area contributed by atoms with Crippen LogP contribution >= 0.6 is 11.8 Å². The average molecular weight is 393 g/mol. The minimum Gasteiger partial charge on any atom is -0.376 e. The molecule has 0 radical (unpaired) electrons. The molecule has 146 valence electrons. The lowest BCUT2D eigenvalue weighted by Crippen LogP contribution is -2.29. The minimum atomic E-state index is -0.291. The fraction of sp³-hybridized carbons (Fsp3) is 0.526. The van der Waals surface area contributed by atoms with Gasteiger partial charge in [-0.2, -0.15) is 0 Å². The number of hydrogen-bond acceptors (Lipinski definition) is 5. The average Bonchev–Trinajstić information content (AvgIpc) is 3.29. The number of ether oxygens (including phenoxy) is 1. The fourth-order valence-corrected chi connectivity index (χ4v) is 3.64. The van der Waals surface area contributed by atoms with E-state index in [1.54, 1.807) is 12.1 Å². The van der Waals surface area contributed by atoms with Crippen molar-refractivity contribution in [1.82, 2.24) is 20.1 Å². The smallest absolute Gasteiger partial charge is 0.230 e. The van der Waals surface area contributed by atoms with Gasteiger partial charge in [0.1, 0.15) is 5.82 Å². The molecule has 0 unspecified atom stereocenters. The number of aromatic nitrogens is 3. The summed E-state index contributed by atoms with van der Waals surface area (Å²) >= 11 is 1.36. The lowest BCUT2D eigenvalue weighted by atomic mass is 10.2. The van der Waals surface area contributed by atoms with Crippen molar-refractivity contribution in [2.24, 2.45) is 5.92 Å². The Labute approximate surface area is 162 Å². The van der Waals surface area contributed by atoms with Crippen molar-refractivity contribution in [2.45, 2.75) is 44.5 Å². The second-order valence-electron chi connectivity index (χ2n) is 7.05. The normalized spacial score (nSPS) is 16.8. The van der Waals surface area contributed by atoms with E-state index >= 15 is 0 Å². The van der Waals surface area contributed by atoms with Crippen molar-refractivity contribution in [1.29, 1.82) is 0 Å². The van der Waals surface area contributed by atoms with Gasteiger partial charge in [0.25, 0.3) is 0 Å². The Hall–Kier alpha value is -1.93. The van der Waals surface area contributed by atoms with E-state index in [0.29, 0.717) is 30.0 Å². The van der Waals surface area contributed by atoms with Crippen LogP contribution in [0.4, 0.5) is 4.39 Å². The van der Waals surface area contributed by atoms with E-state index < -0.39 is 0 Å². The lowest BCUT2D eigenvalue weighted by molar-refractivity contribution is -0.118. The molecule has 2 aromatic rings. The molecule has 1 aromatic carbocycles. The van der Waals surface area contributed by atoms with E-state index in [1.165, 1.54) is 23.9 Å². The number of hydrogen-bond donors (Lipinski definition) is 1. The van der Waals surface area contributed by atoms with Crippen LogP contribution < -0.4 is 5.32 Å². The van der Waals surface area contributed by atoms with E-state index in [9.17, 15) is 9.18 Å². The summed E-state index contributed by atoms with van der Waals surface area (Å²) in [5.41, 5.74) is 0.790. The highest BCUT2D eigenvalue weighted by Crippen LogP contribution is 2.26. The van der Waals surface area contributed by atoms with Gasteiger partial charge in [0.15, 0.2) is 11.0 Å². The number of carbonyl (C=O) groups excluding carboxylic acids is 1. The van der Waals surface area contributed by atoms with Gasteiger partial charge in [-0.05, 0) is 43.0 Å². The van der Waals surface area contributed by atoms with Gasteiger partial charge in [0.05, 0.1) is 18.4 Å². The maximum absolute atomic E-state index is 13.3. The van der Waals surface area contributed by atoms with Crippen LogP contribution in [0.15, 0.2) is 29.4 Å². The SMILES string of the molecule is CC(C)CNC(=O)CSc1nnc(-c2ccc(F)cc2)n1C[C@@H]1CCCO1. The number of nitrogens with one attached hydrogen (secondary N) is 1. The summed E-state index contributed by atoms with van der Waals surface area (Å²) in [5, 5.41) is 12.1. The Morgan fingerprint density at radius 1 is 1.37 bits per heavy atom. The molecule has 0 aliphatic carbocycles. The van der Waals surface area contributed by atoms with Crippen LogP contribution in [-0.4, -0.2) is 45.7 Å². The molecule has 2 heterocycles. The summed E-state index contributed by atoms with van der Waals surface area (Å²) < 4.78 is 21.0. The Balaban J connectivity index is 1.76. The third-order valence-electron chi connectivity index (χ3n) is 4.27. The van der Waals surface area contributed by atoms with Gasteiger partial charge < -0.3 is 10.1 Å². The number of halogens is 1. The monoisotopic (exact) mass is 392 g/mol. The molecule has 0 spiro atoms. The van der Waals surface area contributed by atoms with Gasteiger partial charge in [0, 0.05) is 18.7 Å². The molecular formula is C19H25FN4O2S.